The number of rotatable bonds is 2. The molecule has 2 aromatic rings. The summed E-state index contributed by atoms with van der Waals surface area (Å²) in [6, 6.07) is 7.54. The fourth-order valence-electron chi connectivity index (χ4n) is 2.26. The SMILES string of the molecule is CN1Cc2cc(-c3csc(C(N)=O)c3)ccc2C1=O. The molecule has 2 N–H and O–H groups in total. The molecule has 0 saturated heterocycles. The quantitative estimate of drug-likeness (QED) is 0.910. The molecule has 0 radical (unpaired) electrons. The molecule has 2 heterocycles. The number of carbonyl (C=O) groups is 2. The number of thiophene rings is 1. The molecule has 1 aromatic carbocycles. The van der Waals surface area contributed by atoms with Crippen LogP contribution >= 0.6 is 11.3 Å². The van der Waals surface area contributed by atoms with Gasteiger partial charge in [-0.25, -0.2) is 0 Å². The van der Waals surface area contributed by atoms with Crippen LogP contribution in [-0.4, -0.2) is 23.8 Å². The second-order valence-electron chi connectivity index (χ2n) is 4.60. The van der Waals surface area contributed by atoms with Gasteiger partial charge < -0.3 is 10.6 Å². The fourth-order valence-corrected chi connectivity index (χ4v) is 3.03. The third-order valence-electron chi connectivity index (χ3n) is 3.27. The Morgan fingerprint density at radius 1 is 1.32 bits per heavy atom. The van der Waals surface area contributed by atoms with E-state index in [1.54, 1.807) is 18.0 Å². The average molecular weight is 272 g/mol. The predicted molar refractivity (Wildman–Crippen MR) is 74.1 cm³/mol. The summed E-state index contributed by atoms with van der Waals surface area (Å²) in [6.07, 6.45) is 0. The number of amides is 2. The van der Waals surface area contributed by atoms with Crippen LogP contribution in [0.15, 0.2) is 29.6 Å². The van der Waals surface area contributed by atoms with Gasteiger partial charge in [-0.15, -0.1) is 11.3 Å². The minimum absolute atomic E-state index is 0.0599. The van der Waals surface area contributed by atoms with Crippen molar-refractivity contribution in [2.24, 2.45) is 5.73 Å². The highest BCUT2D eigenvalue weighted by atomic mass is 32.1. The maximum Gasteiger partial charge on any atom is 0.258 e. The lowest BCUT2D eigenvalue weighted by Crippen LogP contribution is -2.17. The molecule has 1 aliphatic rings. The number of nitrogens with zero attached hydrogens (tertiary/aromatic N) is 1. The molecule has 0 spiro atoms. The summed E-state index contributed by atoms with van der Waals surface area (Å²) in [5, 5.41) is 1.91. The molecule has 0 aliphatic carbocycles. The zero-order chi connectivity index (χ0) is 13.6. The topological polar surface area (TPSA) is 63.4 Å². The highest BCUT2D eigenvalue weighted by molar-refractivity contribution is 7.12. The zero-order valence-electron chi connectivity index (χ0n) is 10.3. The van der Waals surface area contributed by atoms with E-state index in [1.807, 2.05) is 23.6 Å². The first-order valence-corrected chi connectivity index (χ1v) is 6.71. The van der Waals surface area contributed by atoms with Gasteiger partial charge in [0, 0.05) is 19.2 Å². The molecule has 0 atom stereocenters. The van der Waals surface area contributed by atoms with Crippen molar-refractivity contribution in [2.75, 3.05) is 7.05 Å². The Bertz CT molecular complexity index is 691. The van der Waals surface area contributed by atoms with E-state index in [-0.39, 0.29) is 5.91 Å². The normalized spacial score (nSPS) is 13.7. The smallest absolute Gasteiger partial charge is 0.258 e. The average Bonchev–Trinajstić information content (AvgIpc) is 2.96. The van der Waals surface area contributed by atoms with Crippen molar-refractivity contribution < 1.29 is 9.59 Å². The number of hydrogen-bond acceptors (Lipinski definition) is 3. The zero-order valence-corrected chi connectivity index (χ0v) is 11.2. The van der Waals surface area contributed by atoms with Crippen molar-refractivity contribution in [1.29, 1.82) is 0 Å². The van der Waals surface area contributed by atoms with Gasteiger partial charge >= 0.3 is 0 Å². The Labute approximate surface area is 114 Å². The van der Waals surface area contributed by atoms with Crippen LogP contribution in [0.1, 0.15) is 25.6 Å². The van der Waals surface area contributed by atoms with E-state index >= 15 is 0 Å². The highest BCUT2D eigenvalue weighted by Gasteiger charge is 2.24. The first-order valence-electron chi connectivity index (χ1n) is 5.83. The number of benzene rings is 1. The van der Waals surface area contributed by atoms with Crippen LogP contribution in [0.2, 0.25) is 0 Å². The number of hydrogen-bond donors (Lipinski definition) is 1. The molecule has 0 bridgehead atoms. The van der Waals surface area contributed by atoms with Crippen LogP contribution in [0, 0.1) is 0 Å². The van der Waals surface area contributed by atoms with Crippen molar-refractivity contribution in [3.8, 4) is 11.1 Å². The third-order valence-corrected chi connectivity index (χ3v) is 4.21. The predicted octanol–water partition coefficient (Wildman–Crippen LogP) is 2.10. The Morgan fingerprint density at radius 3 is 2.79 bits per heavy atom. The molecular weight excluding hydrogens is 260 g/mol. The summed E-state index contributed by atoms with van der Waals surface area (Å²) in [5.41, 5.74) is 9.00. The molecule has 5 heteroatoms. The lowest BCUT2D eigenvalue weighted by atomic mass is 10.0. The molecule has 19 heavy (non-hydrogen) atoms. The van der Waals surface area contributed by atoms with Gasteiger partial charge in [-0.05, 0) is 40.3 Å². The van der Waals surface area contributed by atoms with Gasteiger partial charge in [0.05, 0.1) is 4.88 Å². The van der Waals surface area contributed by atoms with Crippen molar-refractivity contribution in [3.05, 3.63) is 45.6 Å². The van der Waals surface area contributed by atoms with E-state index < -0.39 is 5.91 Å². The van der Waals surface area contributed by atoms with Crippen molar-refractivity contribution in [1.82, 2.24) is 4.90 Å². The molecule has 4 nitrogen and oxygen atoms in total. The van der Waals surface area contributed by atoms with Gasteiger partial charge in [0.25, 0.3) is 11.8 Å². The van der Waals surface area contributed by atoms with Crippen LogP contribution in [0.4, 0.5) is 0 Å². The van der Waals surface area contributed by atoms with Crippen LogP contribution in [0.25, 0.3) is 11.1 Å². The summed E-state index contributed by atoms with van der Waals surface area (Å²) in [6.45, 7) is 0.634. The van der Waals surface area contributed by atoms with Gasteiger partial charge in [-0.3, -0.25) is 9.59 Å². The Morgan fingerprint density at radius 2 is 2.11 bits per heavy atom. The number of fused-ring (bicyclic) bond motifs is 1. The van der Waals surface area contributed by atoms with Gasteiger partial charge in [0.2, 0.25) is 0 Å². The second-order valence-corrected chi connectivity index (χ2v) is 5.51. The van der Waals surface area contributed by atoms with Gasteiger partial charge in [0.15, 0.2) is 0 Å². The summed E-state index contributed by atoms with van der Waals surface area (Å²) < 4.78 is 0. The van der Waals surface area contributed by atoms with Crippen molar-refractivity contribution in [2.45, 2.75) is 6.54 Å². The maximum atomic E-state index is 11.8. The molecule has 1 aliphatic heterocycles. The largest absolute Gasteiger partial charge is 0.365 e. The summed E-state index contributed by atoms with van der Waals surface area (Å²) >= 11 is 1.33. The molecule has 1 aromatic heterocycles. The number of carbonyl (C=O) groups excluding carboxylic acids is 2. The maximum absolute atomic E-state index is 11.8. The molecule has 0 saturated carbocycles. The first-order chi connectivity index (χ1) is 9.06. The summed E-state index contributed by atoms with van der Waals surface area (Å²) in [7, 11) is 1.79. The lowest BCUT2D eigenvalue weighted by molar-refractivity contribution is 0.0816. The minimum atomic E-state index is -0.410. The molecule has 2 amide bonds. The Balaban J connectivity index is 2.01. The Hall–Kier alpha value is -2.14. The third kappa shape index (κ3) is 1.92. The van der Waals surface area contributed by atoms with Crippen LogP contribution < -0.4 is 5.73 Å². The standard InChI is InChI=1S/C14H12N2O2S/c1-16-6-9-4-8(2-3-11(9)14(16)18)10-5-12(13(15)17)19-7-10/h2-5,7H,6H2,1H3,(H2,15,17). The summed E-state index contributed by atoms with van der Waals surface area (Å²) in [5.74, 6) is -0.350. The molecule has 96 valence electrons. The lowest BCUT2D eigenvalue weighted by Gasteiger charge is -2.04. The summed E-state index contributed by atoms with van der Waals surface area (Å²) in [4.78, 5) is 25.1. The first kappa shape index (κ1) is 11.9. The molecule has 3 rings (SSSR count). The van der Waals surface area contributed by atoms with Crippen LogP contribution in [-0.2, 0) is 6.54 Å². The van der Waals surface area contributed by atoms with E-state index in [9.17, 15) is 9.59 Å². The Kier molecular flexibility index (Phi) is 2.64. The van der Waals surface area contributed by atoms with E-state index in [4.69, 9.17) is 5.73 Å². The van der Waals surface area contributed by atoms with Gasteiger partial charge in [-0.2, -0.15) is 0 Å². The van der Waals surface area contributed by atoms with Crippen LogP contribution in [0.3, 0.4) is 0 Å². The fraction of sp³-hybridized carbons (Fsp3) is 0.143. The van der Waals surface area contributed by atoms with Gasteiger partial charge in [0.1, 0.15) is 0 Å². The number of primary amides is 1. The van der Waals surface area contributed by atoms with Crippen molar-refractivity contribution in [3.63, 3.8) is 0 Å². The van der Waals surface area contributed by atoms with E-state index in [0.717, 1.165) is 22.3 Å². The van der Waals surface area contributed by atoms with Crippen molar-refractivity contribution >= 4 is 23.2 Å². The minimum Gasteiger partial charge on any atom is -0.365 e. The van der Waals surface area contributed by atoms with E-state index in [2.05, 4.69) is 0 Å². The molecule has 0 fully saturated rings. The van der Waals surface area contributed by atoms with Gasteiger partial charge in [-0.1, -0.05) is 6.07 Å². The second kappa shape index (κ2) is 4.20. The molecular formula is C14H12N2O2S. The molecule has 0 unspecified atom stereocenters. The highest BCUT2D eigenvalue weighted by Crippen LogP contribution is 2.30. The van der Waals surface area contributed by atoms with E-state index in [0.29, 0.717) is 11.4 Å². The number of nitrogens with two attached hydrogens (primary N) is 1. The monoisotopic (exact) mass is 272 g/mol. The van der Waals surface area contributed by atoms with Crippen LogP contribution in [0.5, 0.6) is 0 Å². The van der Waals surface area contributed by atoms with E-state index in [1.165, 1.54) is 11.3 Å².